The number of hydrogen-bond acceptors (Lipinski definition) is 3. The van der Waals surface area contributed by atoms with Crippen LogP contribution in [0.1, 0.15) is 69.6 Å². The number of alkyl halides is 3. The van der Waals surface area contributed by atoms with Crippen molar-refractivity contribution >= 4 is 23.5 Å². The van der Waals surface area contributed by atoms with Crippen LogP contribution in [0.2, 0.25) is 0 Å². The standard InChI is InChI=1S/C39H42F3N3O3/c1-38(2,3)48-37(47)45(35-12-8-5-9-13-35)27-29-16-20-31(21-17-29)30-18-14-28(15-19-30)26-44(34-10-6-4-7-11-34)36(46)43-33-24-22-32(23-25-33)39(40,41)42/h4,6-7,10-11,14-25,35H,5,8-9,12-13,26-27H2,1-3H3,(H,43,46). The minimum absolute atomic E-state index is 0.174. The molecule has 0 saturated heterocycles. The van der Waals surface area contributed by atoms with Crippen molar-refractivity contribution in [1.29, 1.82) is 0 Å². The number of hydrogen-bond donors (Lipinski definition) is 1. The maximum atomic E-state index is 13.4. The van der Waals surface area contributed by atoms with Crippen molar-refractivity contribution in [3.63, 3.8) is 0 Å². The fourth-order valence-corrected chi connectivity index (χ4v) is 5.86. The molecule has 0 aliphatic heterocycles. The van der Waals surface area contributed by atoms with E-state index in [1.807, 2.05) is 92.4 Å². The highest BCUT2D eigenvalue weighted by atomic mass is 19.4. The van der Waals surface area contributed by atoms with Gasteiger partial charge in [0, 0.05) is 24.0 Å². The molecule has 1 fully saturated rings. The molecule has 1 N–H and O–H groups in total. The predicted molar refractivity (Wildman–Crippen MR) is 184 cm³/mol. The van der Waals surface area contributed by atoms with Gasteiger partial charge in [-0.25, -0.2) is 9.59 Å². The Labute approximate surface area is 280 Å². The molecule has 3 amide bonds. The van der Waals surface area contributed by atoms with Gasteiger partial charge in [0.15, 0.2) is 0 Å². The number of nitrogens with one attached hydrogen (secondary N) is 1. The molecule has 0 atom stereocenters. The monoisotopic (exact) mass is 657 g/mol. The van der Waals surface area contributed by atoms with Crippen LogP contribution >= 0.6 is 0 Å². The van der Waals surface area contributed by atoms with E-state index in [0.29, 0.717) is 12.2 Å². The number of para-hydroxylation sites is 1. The second-order valence-electron chi connectivity index (χ2n) is 13.2. The summed E-state index contributed by atoms with van der Waals surface area (Å²) < 4.78 is 44.8. The van der Waals surface area contributed by atoms with Crippen LogP contribution in [-0.4, -0.2) is 28.7 Å². The maximum Gasteiger partial charge on any atom is 0.416 e. The summed E-state index contributed by atoms with van der Waals surface area (Å²) in [6, 6.07) is 29.3. The first-order valence-electron chi connectivity index (χ1n) is 16.3. The summed E-state index contributed by atoms with van der Waals surface area (Å²) in [7, 11) is 0. The van der Waals surface area contributed by atoms with Crippen molar-refractivity contribution in [3.8, 4) is 11.1 Å². The zero-order valence-corrected chi connectivity index (χ0v) is 27.6. The van der Waals surface area contributed by atoms with E-state index >= 15 is 0 Å². The van der Waals surface area contributed by atoms with Gasteiger partial charge in [0.25, 0.3) is 0 Å². The normalized spacial score (nSPS) is 13.9. The minimum atomic E-state index is -4.45. The molecular weight excluding hydrogens is 615 g/mol. The van der Waals surface area contributed by atoms with Crippen LogP contribution in [0.25, 0.3) is 11.1 Å². The highest BCUT2D eigenvalue weighted by molar-refractivity contribution is 6.01. The summed E-state index contributed by atoms with van der Waals surface area (Å²) in [6.45, 7) is 6.41. The minimum Gasteiger partial charge on any atom is -0.444 e. The lowest BCUT2D eigenvalue weighted by atomic mass is 9.94. The second-order valence-corrected chi connectivity index (χ2v) is 13.2. The number of anilines is 2. The molecule has 9 heteroatoms. The Morgan fingerprint density at radius 1 is 0.729 bits per heavy atom. The zero-order valence-electron chi connectivity index (χ0n) is 27.6. The molecule has 6 nitrogen and oxygen atoms in total. The van der Waals surface area contributed by atoms with Gasteiger partial charge >= 0.3 is 18.3 Å². The number of carbonyl (C=O) groups excluding carboxylic acids is 2. The Kier molecular flexibility index (Phi) is 10.8. The SMILES string of the molecule is CC(C)(C)OC(=O)N(Cc1ccc(-c2ccc(CN(C(=O)Nc3ccc(C(F)(F)F)cc3)c3ccccc3)cc2)cc1)C1CCCCC1. The largest absolute Gasteiger partial charge is 0.444 e. The van der Waals surface area contributed by atoms with Crippen LogP contribution in [-0.2, 0) is 24.0 Å². The number of carbonyl (C=O) groups is 2. The molecule has 0 heterocycles. The summed E-state index contributed by atoms with van der Waals surface area (Å²) in [5.41, 5.74) is 3.50. The van der Waals surface area contributed by atoms with Gasteiger partial charge < -0.3 is 15.0 Å². The number of ether oxygens (including phenoxy) is 1. The summed E-state index contributed by atoms with van der Waals surface area (Å²) in [5.74, 6) is 0. The first-order valence-corrected chi connectivity index (χ1v) is 16.3. The Morgan fingerprint density at radius 2 is 1.27 bits per heavy atom. The fourth-order valence-electron chi connectivity index (χ4n) is 5.86. The summed E-state index contributed by atoms with van der Waals surface area (Å²) in [4.78, 5) is 30.0. The lowest BCUT2D eigenvalue weighted by Gasteiger charge is -2.35. The summed E-state index contributed by atoms with van der Waals surface area (Å²) >= 11 is 0. The van der Waals surface area contributed by atoms with E-state index in [1.165, 1.54) is 18.6 Å². The quantitative estimate of drug-likeness (QED) is 0.205. The van der Waals surface area contributed by atoms with Crippen LogP contribution in [0.15, 0.2) is 103 Å². The van der Waals surface area contributed by atoms with Crippen molar-refractivity contribution in [2.45, 2.75) is 83.8 Å². The van der Waals surface area contributed by atoms with Crippen molar-refractivity contribution in [1.82, 2.24) is 4.90 Å². The maximum absolute atomic E-state index is 13.4. The molecule has 252 valence electrons. The average molecular weight is 658 g/mol. The smallest absolute Gasteiger partial charge is 0.416 e. The van der Waals surface area contributed by atoms with Crippen LogP contribution in [0.5, 0.6) is 0 Å². The molecule has 0 radical (unpaired) electrons. The summed E-state index contributed by atoms with van der Waals surface area (Å²) in [5, 5.41) is 2.72. The third-order valence-electron chi connectivity index (χ3n) is 8.35. The van der Waals surface area contributed by atoms with Gasteiger partial charge in [-0.2, -0.15) is 13.2 Å². The molecule has 1 aliphatic rings. The molecule has 4 aromatic rings. The van der Waals surface area contributed by atoms with Crippen LogP contribution in [0.4, 0.5) is 34.1 Å². The number of benzene rings is 4. The number of nitrogens with zero attached hydrogens (tertiary/aromatic N) is 2. The van der Waals surface area contributed by atoms with Crippen LogP contribution < -0.4 is 10.2 Å². The predicted octanol–water partition coefficient (Wildman–Crippen LogP) is 10.7. The third-order valence-corrected chi connectivity index (χ3v) is 8.35. The van der Waals surface area contributed by atoms with Gasteiger partial charge in [-0.3, -0.25) is 4.90 Å². The fraction of sp³-hybridized carbons (Fsp3) is 0.333. The van der Waals surface area contributed by atoms with Crippen molar-refractivity contribution in [2.24, 2.45) is 0 Å². The van der Waals surface area contributed by atoms with Gasteiger partial charge in [-0.05, 0) is 92.3 Å². The first-order chi connectivity index (χ1) is 22.9. The van der Waals surface area contributed by atoms with Gasteiger partial charge in [0.1, 0.15) is 5.60 Å². The van der Waals surface area contributed by atoms with E-state index in [2.05, 4.69) is 5.32 Å². The van der Waals surface area contributed by atoms with Crippen LogP contribution in [0, 0.1) is 0 Å². The molecule has 0 aromatic heterocycles. The van der Waals surface area contributed by atoms with E-state index < -0.39 is 23.4 Å². The highest BCUT2D eigenvalue weighted by Crippen LogP contribution is 2.31. The van der Waals surface area contributed by atoms with Crippen molar-refractivity contribution < 1.29 is 27.5 Å². The number of amides is 3. The van der Waals surface area contributed by atoms with Crippen molar-refractivity contribution in [2.75, 3.05) is 10.2 Å². The lowest BCUT2D eigenvalue weighted by molar-refractivity contribution is -0.137. The van der Waals surface area contributed by atoms with E-state index in [4.69, 9.17) is 4.74 Å². The van der Waals surface area contributed by atoms with E-state index in [9.17, 15) is 22.8 Å². The molecule has 1 aliphatic carbocycles. The third kappa shape index (κ3) is 9.40. The Balaban J connectivity index is 1.27. The zero-order chi connectivity index (χ0) is 34.3. The van der Waals surface area contributed by atoms with Gasteiger partial charge in [-0.1, -0.05) is 86.0 Å². The molecule has 4 aromatic carbocycles. The molecule has 0 bridgehead atoms. The van der Waals surface area contributed by atoms with Gasteiger partial charge in [-0.15, -0.1) is 0 Å². The molecule has 5 rings (SSSR count). The topological polar surface area (TPSA) is 61.9 Å². The number of rotatable bonds is 8. The van der Waals surface area contributed by atoms with Gasteiger partial charge in [0.2, 0.25) is 0 Å². The van der Waals surface area contributed by atoms with Crippen LogP contribution in [0.3, 0.4) is 0 Å². The molecule has 0 unspecified atom stereocenters. The van der Waals surface area contributed by atoms with E-state index in [-0.39, 0.29) is 24.4 Å². The van der Waals surface area contributed by atoms with Crippen molar-refractivity contribution in [3.05, 3.63) is 120 Å². The Morgan fingerprint density at radius 3 is 1.79 bits per heavy atom. The van der Waals surface area contributed by atoms with E-state index in [0.717, 1.165) is 60.1 Å². The Bertz CT molecular complexity index is 1640. The number of halogens is 3. The molecule has 48 heavy (non-hydrogen) atoms. The van der Waals surface area contributed by atoms with Gasteiger partial charge in [0.05, 0.1) is 12.1 Å². The molecule has 1 saturated carbocycles. The van der Waals surface area contributed by atoms with E-state index in [1.54, 1.807) is 17.0 Å². The lowest BCUT2D eigenvalue weighted by Crippen LogP contribution is -2.43. The number of urea groups is 1. The average Bonchev–Trinajstić information content (AvgIpc) is 3.06. The molecular formula is C39H42F3N3O3. The summed E-state index contributed by atoms with van der Waals surface area (Å²) in [6.07, 6.45) is 0.685. The second kappa shape index (κ2) is 15.0. The Hall–Kier alpha value is -4.79. The first kappa shape index (κ1) is 34.5. The highest BCUT2D eigenvalue weighted by Gasteiger charge is 2.31. The molecule has 0 spiro atoms.